The molecule has 0 radical (unpaired) electrons. The summed E-state index contributed by atoms with van der Waals surface area (Å²) < 4.78 is 3.20. The minimum Gasteiger partial charge on any atom is -0.304 e. The highest BCUT2D eigenvalue weighted by molar-refractivity contribution is 6.31. The Morgan fingerprint density at radius 1 is 1.09 bits per heavy atom. The average Bonchev–Trinajstić information content (AvgIpc) is 3.55. The van der Waals surface area contributed by atoms with Crippen molar-refractivity contribution in [3.63, 3.8) is 0 Å². The van der Waals surface area contributed by atoms with Gasteiger partial charge in [-0.3, -0.25) is 9.48 Å². The maximum atomic E-state index is 13.1. The summed E-state index contributed by atoms with van der Waals surface area (Å²) in [7, 11) is 1.75. The van der Waals surface area contributed by atoms with E-state index in [2.05, 4.69) is 36.1 Å². The number of rotatable bonds is 5. The molecule has 0 fully saturated rings. The molecule has 1 amide bonds. The molecule has 5 aromatic rings. The fourth-order valence-electron chi connectivity index (χ4n) is 3.68. The van der Waals surface area contributed by atoms with E-state index < -0.39 is 0 Å². The molecule has 0 spiro atoms. The number of amides is 1. The molecule has 2 N–H and O–H groups in total. The van der Waals surface area contributed by atoms with Gasteiger partial charge in [0.1, 0.15) is 5.69 Å². The van der Waals surface area contributed by atoms with Crippen molar-refractivity contribution in [2.24, 2.45) is 7.05 Å². The zero-order valence-electron chi connectivity index (χ0n) is 17.7. The van der Waals surface area contributed by atoms with Crippen LogP contribution >= 0.6 is 11.6 Å². The van der Waals surface area contributed by atoms with Crippen LogP contribution in [0.4, 0.5) is 5.82 Å². The van der Waals surface area contributed by atoms with Crippen LogP contribution in [0.25, 0.3) is 28.3 Å². The van der Waals surface area contributed by atoms with Gasteiger partial charge in [0.2, 0.25) is 5.82 Å². The highest BCUT2D eigenvalue weighted by atomic mass is 35.5. The molecule has 3 aromatic heterocycles. The first kappa shape index (κ1) is 20.6. The summed E-state index contributed by atoms with van der Waals surface area (Å²) in [6, 6.07) is 16.7. The lowest BCUT2D eigenvalue weighted by atomic mass is 10.1. The molecule has 0 saturated carbocycles. The molecular formula is C22H18ClN9O. The van der Waals surface area contributed by atoms with Crippen molar-refractivity contribution in [1.82, 2.24) is 40.2 Å². The van der Waals surface area contributed by atoms with Crippen molar-refractivity contribution in [3.05, 3.63) is 77.1 Å². The Labute approximate surface area is 193 Å². The van der Waals surface area contributed by atoms with E-state index in [0.717, 1.165) is 16.8 Å². The van der Waals surface area contributed by atoms with Gasteiger partial charge in [0.25, 0.3) is 5.91 Å². The summed E-state index contributed by atoms with van der Waals surface area (Å²) in [4.78, 5) is 13.1. The molecule has 0 saturated heterocycles. The number of hydrogen-bond acceptors (Lipinski definition) is 6. The highest BCUT2D eigenvalue weighted by Gasteiger charge is 2.21. The van der Waals surface area contributed by atoms with Crippen molar-refractivity contribution in [3.8, 4) is 28.3 Å². The monoisotopic (exact) mass is 459 g/mol. The van der Waals surface area contributed by atoms with E-state index in [1.807, 2.05) is 37.3 Å². The van der Waals surface area contributed by atoms with Crippen LogP contribution in [0.3, 0.4) is 0 Å². The number of nitrogens with one attached hydrogen (secondary N) is 2. The topological polar surface area (TPSA) is 119 Å². The number of tetrazole rings is 1. The number of hydrogen-bond donors (Lipinski definition) is 2. The van der Waals surface area contributed by atoms with Gasteiger partial charge < -0.3 is 5.32 Å². The minimum absolute atomic E-state index is 0.301. The second kappa shape index (κ2) is 8.32. The number of aromatic nitrogens is 8. The highest BCUT2D eigenvalue weighted by Crippen LogP contribution is 2.28. The SMILES string of the molecule is Cc1c(-c2ccccc2)nn(C)c1C(=O)Nc1ccn(-c2ccc(Cl)cc2-c2nn[nH]n2)n1. The van der Waals surface area contributed by atoms with Crippen LogP contribution in [0.5, 0.6) is 0 Å². The second-order valence-electron chi connectivity index (χ2n) is 7.31. The van der Waals surface area contributed by atoms with Gasteiger partial charge in [-0.2, -0.15) is 15.4 Å². The summed E-state index contributed by atoms with van der Waals surface area (Å²) in [5.41, 5.74) is 4.29. The molecule has 0 aliphatic heterocycles. The summed E-state index contributed by atoms with van der Waals surface area (Å²) in [5, 5.41) is 26.5. The van der Waals surface area contributed by atoms with Gasteiger partial charge in [-0.1, -0.05) is 41.9 Å². The van der Waals surface area contributed by atoms with Crippen LogP contribution in [0.2, 0.25) is 5.02 Å². The lowest BCUT2D eigenvalue weighted by molar-refractivity contribution is 0.101. The molecule has 164 valence electrons. The van der Waals surface area contributed by atoms with E-state index in [4.69, 9.17) is 11.6 Å². The van der Waals surface area contributed by atoms with E-state index in [-0.39, 0.29) is 5.91 Å². The fraction of sp³-hybridized carbons (Fsp3) is 0.0909. The normalized spacial score (nSPS) is 11.0. The van der Waals surface area contributed by atoms with E-state index in [1.165, 1.54) is 0 Å². The van der Waals surface area contributed by atoms with Crippen LogP contribution < -0.4 is 5.32 Å². The average molecular weight is 460 g/mol. The van der Waals surface area contributed by atoms with Crippen LogP contribution in [0, 0.1) is 6.92 Å². The Balaban J connectivity index is 1.43. The lowest BCUT2D eigenvalue weighted by Gasteiger charge is -2.07. The first-order valence-corrected chi connectivity index (χ1v) is 10.4. The maximum absolute atomic E-state index is 13.1. The van der Waals surface area contributed by atoms with Gasteiger partial charge in [-0.25, -0.2) is 4.68 Å². The first-order valence-electron chi connectivity index (χ1n) is 10.0. The second-order valence-corrected chi connectivity index (χ2v) is 7.74. The van der Waals surface area contributed by atoms with Gasteiger partial charge in [0.15, 0.2) is 5.82 Å². The maximum Gasteiger partial charge on any atom is 0.275 e. The third kappa shape index (κ3) is 3.87. The molecule has 0 aliphatic rings. The minimum atomic E-state index is -0.301. The van der Waals surface area contributed by atoms with E-state index >= 15 is 0 Å². The van der Waals surface area contributed by atoms with Gasteiger partial charge in [-0.05, 0) is 30.3 Å². The number of benzene rings is 2. The summed E-state index contributed by atoms with van der Waals surface area (Å²) in [5.74, 6) is 0.466. The Hall–Kier alpha value is -4.31. The number of H-pyrrole nitrogens is 1. The number of aromatic amines is 1. The summed E-state index contributed by atoms with van der Waals surface area (Å²) in [6.45, 7) is 1.88. The predicted molar refractivity (Wildman–Crippen MR) is 123 cm³/mol. The fourth-order valence-corrected chi connectivity index (χ4v) is 3.85. The molecule has 10 nitrogen and oxygen atoms in total. The van der Waals surface area contributed by atoms with Gasteiger partial charge in [0, 0.05) is 35.5 Å². The molecule has 0 bridgehead atoms. The molecule has 0 unspecified atom stereocenters. The van der Waals surface area contributed by atoms with Crippen molar-refractivity contribution in [2.75, 3.05) is 5.32 Å². The van der Waals surface area contributed by atoms with Crippen LogP contribution in [-0.4, -0.2) is 46.1 Å². The summed E-state index contributed by atoms with van der Waals surface area (Å²) >= 11 is 6.16. The standard InChI is InChI=1S/C22H18ClN9O/c1-13-19(14-6-4-3-5-7-14)28-31(2)20(13)22(33)24-18-10-11-32(27-18)17-9-8-15(23)12-16(17)21-25-29-30-26-21/h3-12H,1-2H3,(H,24,27,33)(H,25,26,29,30). The zero-order valence-corrected chi connectivity index (χ0v) is 18.4. The van der Waals surface area contributed by atoms with Gasteiger partial charge >= 0.3 is 0 Å². The van der Waals surface area contributed by atoms with Crippen molar-refractivity contribution < 1.29 is 4.79 Å². The van der Waals surface area contributed by atoms with Gasteiger partial charge in [0.05, 0.1) is 16.9 Å². The molecule has 3 heterocycles. The van der Waals surface area contributed by atoms with E-state index in [0.29, 0.717) is 33.6 Å². The molecule has 0 atom stereocenters. The number of anilines is 1. The van der Waals surface area contributed by atoms with E-state index in [1.54, 1.807) is 46.9 Å². The zero-order chi connectivity index (χ0) is 22.9. The Bertz CT molecular complexity index is 1440. The Morgan fingerprint density at radius 2 is 1.91 bits per heavy atom. The molecular weight excluding hydrogens is 442 g/mol. The predicted octanol–water partition coefficient (Wildman–Crippen LogP) is 3.67. The number of carbonyl (C=O) groups excluding carboxylic acids is 1. The van der Waals surface area contributed by atoms with Crippen LogP contribution in [-0.2, 0) is 7.05 Å². The number of carbonyl (C=O) groups is 1. The third-order valence-corrected chi connectivity index (χ3v) is 5.40. The Morgan fingerprint density at radius 3 is 2.67 bits per heavy atom. The van der Waals surface area contributed by atoms with Crippen molar-refractivity contribution in [1.29, 1.82) is 0 Å². The number of halogens is 1. The first-order chi connectivity index (χ1) is 16.0. The van der Waals surface area contributed by atoms with Crippen LogP contribution in [0.15, 0.2) is 60.8 Å². The largest absolute Gasteiger partial charge is 0.304 e. The number of nitrogens with zero attached hydrogens (tertiary/aromatic N) is 7. The molecule has 5 rings (SSSR count). The van der Waals surface area contributed by atoms with E-state index in [9.17, 15) is 4.79 Å². The molecule has 33 heavy (non-hydrogen) atoms. The molecule has 2 aromatic carbocycles. The quantitative estimate of drug-likeness (QED) is 0.414. The third-order valence-electron chi connectivity index (χ3n) is 5.17. The van der Waals surface area contributed by atoms with Crippen LogP contribution in [0.1, 0.15) is 16.1 Å². The lowest BCUT2D eigenvalue weighted by Crippen LogP contribution is -2.17. The van der Waals surface area contributed by atoms with Gasteiger partial charge in [-0.15, -0.1) is 10.2 Å². The smallest absolute Gasteiger partial charge is 0.275 e. The van der Waals surface area contributed by atoms with Crippen molar-refractivity contribution in [2.45, 2.75) is 6.92 Å². The summed E-state index contributed by atoms with van der Waals surface area (Å²) in [6.07, 6.45) is 1.73. The molecule has 11 heteroatoms. The molecule has 0 aliphatic carbocycles. The number of aryl methyl sites for hydroxylation is 1. The Kier molecular flexibility index (Phi) is 5.19. The van der Waals surface area contributed by atoms with Crippen molar-refractivity contribution >= 4 is 23.3 Å².